The van der Waals surface area contributed by atoms with E-state index in [4.69, 9.17) is 0 Å². The Kier molecular flexibility index (Phi) is 5.86. The molecule has 2 unspecified atom stereocenters. The summed E-state index contributed by atoms with van der Waals surface area (Å²) in [6, 6.07) is 4.60. The van der Waals surface area contributed by atoms with E-state index in [-0.39, 0.29) is 5.91 Å². The van der Waals surface area contributed by atoms with Gasteiger partial charge in [-0.25, -0.2) is 4.98 Å². The van der Waals surface area contributed by atoms with Crippen molar-refractivity contribution in [2.75, 3.05) is 38.1 Å². The third kappa shape index (κ3) is 4.03. The Hall–Kier alpha value is -1.62. The minimum atomic E-state index is -0.132. The number of nitrogens with zero attached hydrogens (tertiary/aromatic N) is 3. The van der Waals surface area contributed by atoms with Crippen molar-refractivity contribution < 1.29 is 4.79 Å². The molecule has 144 valence electrons. The lowest BCUT2D eigenvalue weighted by Gasteiger charge is -2.39. The minimum Gasteiger partial charge on any atom is -0.368 e. The quantitative estimate of drug-likeness (QED) is 0.878. The van der Waals surface area contributed by atoms with Crippen LogP contribution in [0.1, 0.15) is 56.9 Å². The number of piperazine rings is 1. The second-order valence-electron chi connectivity index (χ2n) is 8.51. The molecule has 1 aromatic heterocycles. The van der Waals surface area contributed by atoms with Gasteiger partial charge in [-0.05, 0) is 42.7 Å². The number of hydrogen-bond acceptors (Lipinski definition) is 4. The van der Waals surface area contributed by atoms with Gasteiger partial charge in [-0.1, -0.05) is 27.2 Å². The maximum Gasteiger partial charge on any atom is 0.269 e. The maximum atomic E-state index is 11.6. The third-order valence-electron chi connectivity index (χ3n) is 6.82. The summed E-state index contributed by atoms with van der Waals surface area (Å²) in [4.78, 5) is 21.0. The van der Waals surface area contributed by atoms with Crippen LogP contribution in [0.25, 0.3) is 0 Å². The Morgan fingerprint density at radius 1 is 1.23 bits per heavy atom. The van der Waals surface area contributed by atoms with Crippen LogP contribution in [0.2, 0.25) is 0 Å². The van der Waals surface area contributed by atoms with Crippen molar-refractivity contribution in [3.63, 3.8) is 0 Å². The lowest BCUT2D eigenvalue weighted by Crippen LogP contribution is -2.50. The summed E-state index contributed by atoms with van der Waals surface area (Å²) < 4.78 is 0. The van der Waals surface area contributed by atoms with E-state index >= 15 is 0 Å². The van der Waals surface area contributed by atoms with Gasteiger partial charge in [0, 0.05) is 39.3 Å². The average Bonchev–Trinajstić information content (AvgIpc) is 3.19. The molecular weight excluding hydrogens is 324 g/mol. The van der Waals surface area contributed by atoms with Crippen molar-refractivity contribution >= 4 is 11.6 Å². The van der Waals surface area contributed by atoms with E-state index in [1.165, 1.54) is 25.7 Å². The topological polar surface area (TPSA) is 48.5 Å². The van der Waals surface area contributed by atoms with Crippen molar-refractivity contribution in [2.24, 2.45) is 11.3 Å². The number of aromatic nitrogens is 1. The number of carbonyl (C=O) groups excluding carboxylic acids is 1. The molecule has 0 spiro atoms. The van der Waals surface area contributed by atoms with Crippen LogP contribution >= 0.6 is 0 Å². The average molecular weight is 359 g/mol. The monoisotopic (exact) mass is 358 g/mol. The van der Waals surface area contributed by atoms with Crippen LogP contribution in [0.4, 0.5) is 5.69 Å². The summed E-state index contributed by atoms with van der Waals surface area (Å²) >= 11 is 0. The Morgan fingerprint density at radius 3 is 2.54 bits per heavy atom. The SMILES string of the molecule is CCC(C)(C)C1CCC(N2CCN(c3ccc(C(=O)NC)nc3)CC2)C1. The Labute approximate surface area is 158 Å². The van der Waals surface area contributed by atoms with E-state index in [9.17, 15) is 4.79 Å². The molecule has 1 saturated heterocycles. The summed E-state index contributed by atoms with van der Waals surface area (Å²) in [5, 5.41) is 2.61. The zero-order chi connectivity index (χ0) is 18.7. The minimum absolute atomic E-state index is 0.132. The molecule has 2 fully saturated rings. The second-order valence-corrected chi connectivity index (χ2v) is 8.51. The highest BCUT2D eigenvalue weighted by molar-refractivity contribution is 5.92. The zero-order valence-electron chi connectivity index (χ0n) is 16.8. The first kappa shape index (κ1) is 19.2. The first-order valence-electron chi connectivity index (χ1n) is 10.1. The molecule has 0 aromatic carbocycles. The second kappa shape index (κ2) is 7.95. The van der Waals surface area contributed by atoms with Gasteiger partial charge in [0.15, 0.2) is 0 Å². The molecule has 2 aliphatic rings. The van der Waals surface area contributed by atoms with Crippen LogP contribution in [0.15, 0.2) is 18.3 Å². The van der Waals surface area contributed by atoms with E-state index in [0.29, 0.717) is 11.1 Å². The highest BCUT2D eigenvalue weighted by Gasteiger charge is 2.37. The van der Waals surface area contributed by atoms with Crippen molar-refractivity contribution in [2.45, 2.75) is 52.5 Å². The Bertz CT molecular complexity index is 605. The van der Waals surface area contributed by atoms with Crippen LogP contribution in [-0.2, 0) is 0 Å². The van der Waals surface area contributed by atoms with Crippen LogP contribution in [0.5, 0.6) is 0 Å². The van der Waals surface area contributed by atoms with E-state index in [1.54, 1.807) is 7.05 Å². The molecule has 1 amide bonds. The zero-order valence-corrected chi connectivity index (χ0v) is 16.8. The maximum absolute atomic E-state index is 11.6. The van der Waals surface area contributed by atoms with E-state index in [0.717, 1.165) is 43.8 Å². The van der Waals surface area contributed by atoms with Gasteiger partial charge >= 0.3 is 0 Å². The van der Waals surface area contributed by atoms with E-state index in [2.05, 4.69) is 40.9 Å². The fourth-order valence-corrected chi connectivity index (χ4v) is 4.47. The molecular formula is C21H34N4O. The predicted molar refractivity (Wildman–Crippen MR) is 107 cm³/mol. The van der Waals surface area contributed by atoms with Gasteiger partial charge in [0.05, 0.1) is 11.9 Å². The van der Waals surface area contributed by atoms with Gasteiger partial charge in [0.2, 0.25) is 0 Å². The molecule has 5 nitrogen and oxygen atoms in total. The highest BCUT2D eigenvalue weighted by atomic mass is 16.1. The third-order valence-corrected chi connectivity index (χ3v) is 6.82. The Morgan fingerprint density at radius 2 is 1.96 bits per heavy atom. The normalized spacial score (nSPS) is 24.7. The van der Waals surface area contributed by atoms with Crippen LogP contribution < -0.4 is 10.2 Å². The fourth-order valence-electron chi connectivity index (χ4n) is 4.47. The van der Waals surface area contributed by atoms with Crippen molar-refractivity contribution in [3.05, 3.63) is 24.0 Å². The van der Waals surface area contributed by atoms with Gasteiger partial charge in [0.1, 0.15) is 5.69 Å². The summed E-state index contributed by atoms with van der Waals surface area (Å²) in [5.74, 6) is 0.740. The molecule has 1 saturated carbocycles. The smallest absolute Gasteiger partial charge is 0.269 e. The number of rotatable bonds is 5. The van der Waals surface area contributed by atoms with Gasteiger partial charge in [-0.3, -0.25) is 9.69 Å². The molecule has 1 N–H and O–H groups in total. The molecule has 1 aliphatic heterocycles. The number of pyridine rings is 1. The molecule has 2 heterocycles. The first-order valence-corrected chi connectivity index (χ1v) is 10.1. The molecule has 3 rings (SSSR count). The van der Waals surface area contributed by atoms with E-state index < -0.39 is 0 Å². The highest BCUT2D eigenvalue weighted by Crippen LogP contribution is 2.43. The molecule has 1 aliphatic carbocycles. The van der Waals surface area contributed by atoms with Crippen LogP contribution in [0.3, 0.4) is 0 Å². The summed E-state index contributed by atoms with van der Waals surface area (Å²) in [6.07, 6.45) is 7.21. The summed E-state index contributed by atoms with van der Waals surface area (Å²) in [7, 11) is 1.63. The molecule has 0 bridgehead atoms. The van der Waals surface area contributed by atoms with Crippen LogP contribution in [0, 0.1) is 11.3 Å². The predicted octanol–water partition coefficient (Wildman–Crippen LogP) is 3.17. The molecule has 0 radical (unpaired) electrons. The number of hydrogen-bond donors (Lipinski definition) is 1. The molecule has 2 atom stereocenters. The lowest BCUT2D eigenvalue weighted by atomic mass is 9.76. The number of anilines is 1. The lowest BCUT2D eigenvalue weighted by molar-refractivity contribution is 0.0958. The molecule has 1 aromatic rings. The Balaban J connectivity index is 1.52. The van der Waals surface area contributed by atoms with Crippen molar-refractivity contribution in [1.29, 1.82) is 0 Å². The van der Waals surface area contributed by atoms with Gasteiger partial charge in [0.25, 0.3) is 5.91 Å². The molecule has 5 heteroatoms. The fraction of sp³-hybridized carbons (Fsp3) is 0.714. The van der Waals surface area contributed by atoms with Gasteiger partial charge in [-0.15, -0.1) is 0 Å². The number of amides is 1. The first-order chi connectivity index (χ1) is 12.4. The van der Waals surface area contributed by atoms with Crippen molar-refractivity contribution in [1.82, 2.24) is 15.2 Å². The number of carbonyl (C=O) groups is 1. The standard InChI is InChI=1S/C21H34N4O/c1-5-21(2,3)16-6-7-17(14-16)24-10-12-25(13-11-24)18-8-9-19(23-15-18)20(26)22-4/h8-9,15-17H,5-7,10-14H2,1-4H3,(H,22,26). The van der Waals surface area contributed by atoms with Gasteiger partial charge < -0.3 is 10.2 Å². The molecule has 26 heavy (non-hydrogen) atoms. The number of nitrogens with one attached hydrogen (secondary N) is 1. The van der Waals surface area contributed by atoms with E-state index in [1.807, 2.05) is 18.3 Å². The summed E-state index contributed by atoms with van der Waals surface area (Å²) in [5.41, 5.74) is 2.08. The van der Waals surface area contributed by atoms with Crippen molar-refractivity contribution in [3.8, 4) is 0 Å². The van der Waals surface area contributed by atoms with Crippen LogP contribution in [-0.4, -0.2) is 55.1 Å². The van der Waals surface area contributed by atoms with Gasteiger partial charge in [-0.2, -0.15) is 0 Å². The largest absolute Gasteiger partial charge is 0.368 e. The summed E-state index contributed by atoms with van der Waals surface area (Å²) in [6.45, 7) is 11.5.